The molecule has 0 radical (unpaired) electrons. The fourth-order valence-corrected chi connectivity index (χ4v) is 3.81. The van der Waals surface area contributed by atoms with Crippen molar-refractivity contribution in [1.82, 2.24) is 9.62 Å². The Balaban J connectivity index is 2.27. The fraction of sp³-hybridized carbons (Fsp3) is 0.211. The van der Waals surface area contributed by atoms with Gasteiger partial charge in [0, 0.05) is 32.6 Å². The Morgan fingerprint density at radius 2 is 1.73 bits per heavy atom. The number of rotatable bonds is 8. The zero-order chi connectivity index (χ0) is 22.5. The molecule has 9 nitrogen and oxygen atoms in total. The molecule has 2 aromatic carbocycles. The number of anilines is 1. The summed E-state index contributed by atoms with van der Waals surface area (Å²) in [4.78, 5) is 35.7. The molecular formula is C19H21ClN4O5S. The van der Waals surface area contributed by atoms with Crippen molar-refractivity contribution in [3.8, 4) is 0 Å². The van der Waals surface area contributed by atoms with E-state index in [2.05, 4.69) is 10.6 Å². The maximum atomic E-state index is 12.7. The monoisotopic (exact) mass is 452 g/mol. The van der Waals surface area contributed by atoms with Gasteiger partial charge in [-0.1, -0.05) is 23.7 Å². The van der Waals surface area contributed by atoms with E-state index in [1.807, 2.05) is 0 Å². The van der Waals surface area contributed by atoms with Crippen LogP contribution < -0.4 is 16.4 Å². The molecule has 4 N–H and O–H groups in total. The maximum Gasteiger partial charge on any atom is 0.255 e. The predicted molar refractivity (Wildman–Crippen MR) is 113 cm³/mol. The van der Waals surface area contributed by atoms with Crippen LogP contribution in [0.25, 0.3) is 0 Å². The molecule has 0 bridgehead atoms. The molecule has 0 aliphatic rings. The average molecular weight is 453 g/mol. The lowest BCUT2D eigenvalue weighted by atomic mass is 10.1. The van der Waals surface area contributed by atoms with Crippen LogP contribution in [0.4, 0.5) is 5.69 Å². The van der Waals surface area contributed by atoms with E-state index in [9.17, 15) is 22.8 Å². The van der Waals surface area contributed by atoms with E-state index in [1.165, 1.54) is 44.4 Å². The van der Waals surface area contributed by atoms with Gasteiger partial charge in [-0.3, -0.25) is 14.4 Å². The minimum absolute atomic E-state index is 0.0190. The Bertz CT molecular complexity index is 1090. The number of carbonyl (C=O) groups excluding carboxylic acids is 3. The number of carbonyl (C=O) groups is 3. The Kier molecular flexibility index (Phi) is 7.54. The van der Waals surface area contributed by atoms with Crippen LogP contribution in [0.3, 0.4) is 0 Å². The molecule has 0 aliphatic carbocycles. The van der Waals surface area contributed by atoms with Crippen molar-refractivity contribution in [2.45, 2.75) is 11.3 Å². The number of sulfonamides is 1. The van der Waals surface area contributed by atoms with Gasteiger partial charge in [-0.05, 0) is 30.3 Å². The molecule has 0 fully saturated rings. The second-order valence-electron chi connectivity index (χ2n) is 6.40. The Morgan fingerprint density at radius 3 is 2.37 bits per heavy atom. The number of halogens is 1. The molecule has 2 rings (SSSR count). The van der Waals surface area contributed by atoms with Crippen molar-refractivity contribution < 1.29 is 22.8 Å². The number of hydrogen-bond donors (Lipinski definition) is 3. The van der Waals surface area contributed by atoms with E-state index < -0.39 is 27.7 Å². The van der Waals surface area contributed by atoms with Gasteiger partial charge in [0.1, 0.15) is 4.90 Å². The van der Waals surface area contributed by atoms with Gasteiger partial charge < -0.3 is 16.4 Å². The molecule has 30 heavy (non-hydrogen) atoms. The van der Waals surface area contributed by atoms with Crippen LogP contribution in [0, 0.1) is 0 Å². The van der Waals surface area contributed by atoms with E-state index in [0.717, 1.165) is 4.31 Å². The van der Waals surface area contributed by atoms with Crippen LogP contribution >= 0.6 is 11.6 Å². The first kappa shape index (κ1) is 23.3. The van der Waals surface area contributed by atoms with Gasteiger partial charge >= 0.3 is 0 Å². The minimum atomic E-state index is -3.86. The van der Waals surface area contributed by atoms with Crippen molar-refractivity contribution in [2.24, 2.45) is 5.73 Å². The van der Waals surface area contributed by atoms with Crippen LogP contribution in [0.5, 0.6) is 0 Å². The highest BCUT2D eigenvalue weighted by Crippen LogP contribution is 2.25. The van der Waals surface area contributed by atoms with Crippen molar-refractivity contribution >= 4 is 45.0 Å². The lowest BCUT2D eigenvalue weighted by molar-refractivity contribution is -0.117. The molecule has 11 heteroatoms. The van der Waals surface area contributed by atoms with Crippen molar-refractivity contribution in [1.29, 1.82) is 0 Å². The number of benzene rings is 2. The molecule has 0 heterocycles. The van der Waals surface area contributed by atoms with Crippen molar-refractivity contribution in [3.05, 3.63) is 58.6 Å². The second-order valence-corrected chi connectivity index (χ2v) is 8.93. The average Bonchev–Trinajstić information content (AvgIpc) is 2.68. The normalized spacial score (nSPS) is 11.2. The summed E-state index contributed by atoms with van der Waals surface area (Å²) in [5.74, 6) is -1.68. The molecule has 0 aromatic heterocycles. The lowest BCUT2D eigenvalue weighted by Crippen LogP contribution is -2.29. The first-order valence-electron chi connectivity index (χ1n) is 8.73. The number of primary amides is 1. The highest BCUT2D eigenvalue weighted by atomic mass is 35.5. The molecule has 0 spiro atoms. The first-order chi connectivity index (χ1) is 14.0. The predicted octanol–water partition coefficient (Wildman–Crippen LogP) is 1.45. The number of amides is 3. The largest absolute Gasteiger partial charge is 0.370 e. The summed E-state index contributed by atoms with van der Waals surface area (Å²) in [6.45, 7) is 0.0549. The quantitative estimate of drug-likeness (QED) is 0.556. The fourth-order valence-electron chi connectivity index (χ4n) is 2.42. The molecule has 3 amide bonds. The first-order valence-corrected chi connectivity index (χ1v) is 10.5. The number of nitrogens with one attached hydrogen (secondary N) is 2. The summed E-state index contributed by atoms with van der Waals surface area (Å²) in [6, 6.07) is 10.1. The van der Waals surface area contributed by atoms with E-state index in [1.54, 1.807) is 12.1 Å². The van der Waals surface area contributed by atoms with Crippen LogP contribution in [0.15, 0.2) is 47.4 Å². The van der Waals surface area contributed by atoms with Crippen LogP contribution in [0.1, 0.15) is 27.1 Å². The Morgan fingerprint density at radius 1 is 1.07 bits per heavy atom. The van der Waals surface area contributed by atoms with E-state index in [4.69, 9.17) is 17.3 Å². The third-order valence-electron chi connectivity index (χ3n) is 4.03. The van der Waals surface area contributed by atoms with E-state index in [-0.39, 0.29) is 39.7 Å². The third-order valence-corrected chi connectivity index (χ3v) is 6.33. The summed E-state index contributed by atoms with van der Waals surface area (Å²) in [6.07, 6.45) is -0.0197. The summed E-state index contributed by atoms with van der Waals surface area (Å²) < 4.78 is 25.8. The number of nitrogens with zero attached hydrogens (tertiary/aromatic N) is 1. The number of para-hydroxylation sites is 1. The summed E-state index contributed by atoms with van der Waals surface area (Å²) in [5, 5.41) is 5.11. The van der Waals surface area contributed by atoms with Crippen LogP contribution in [0.2, 0.25) is 5.02 Å². The van der Waals surface area contributed by atoms with Crippen molar-refractivity contribution in [2.75, 3.05) is 26.0 Å². The van der Waals surface area contributed by atoms with Gasteiger partial charge in [0.15, 0.2) is 0 Å². The van der Waals surface area contributed by atoms with Crippen LogP contribution in [-0.4, -0.2) is 51.1 Å². The van der Waals surface area contributed by atoms with Gasteiger partial charge in [0.2, 0.25) is 15.9 Å². The second kappa shape index (κ2) is 9.70. The number of hydrogen-bond acceptors (Lipinski definition) is 5. The summed E-state index contributed by atoms with van der Waals surface area (Å²) >= 11 is 6.00. The molecule has 0 saturated heterocycles. The van der Waals surface area contributed by atoms with Gasteiger partial charge in [0.05, 0.1) is 16.3 Å². The highest BCUT2D eigenvalue weighted by Gasteiger charge is 2.23. The van der Waals surface area contributed by atoms with Gasteiger partial charge in [-0.2, -0.15) is 0 Å². The molecule has 160 valence electrons. The SMILES string of the molecule is CN(C)S(=O)(=O)c1cc(C(=O)Nc2ccccc2C(=O)NCCC(N)=O)ccc1Cl. The number of nitrogens with two attached hydrogens (primary N) is 1. The molecule has 0 aliphatic heterocycles. The van der Waals surface area contributed by atoms with Crippen LogP contribution in [-0.2, 0) is 14.8 Å². The molecule has 0 saturated carbocycles. The van der Waals surface area contributed by atoms with E-state index >= 15 is 0 Å². The van der Waals surface area contributed by atoms with Crippen molar-refractivity contribution in [3.63, 3.8) is 0 Å². The summed E-state index contributed by atoms with van der Waals surface area (Å²) in [5.41, 5.74) is 5.48. The Hall–Kier alpha value is -2.95. The highest BCUT2D eigenvalue weighted by molar-refractivity contribution is 7.89. The van der Waals surface area contributed by atoms with Gasteiger partial charge in [0.25, 0.3) is 11.8 Å². The topological polar surface area (TPSA) is 139 Å². The third kappa shape index (κ3) is 5.56. The molecule has 0 unspecified atom stereocenters. The maximum absolute atomic E-state index is 12.7. The van der Waals surface area contributed by atoms with Gasteiger partial charge in [-0.25, -0.2) is 12.7 Å². The smallest absolute Gasteiger partial charge is 0.255 e. The van der Waals surface area contributed by atoms with Gasteiger partial charge in [-0.15, -0.1) is 0 Å². The summed E-state index contributed by atoms with van der Waals surface area (Å²) in [7, 11) is -1.15. The zero-order valence-corrected chi connectivity index (χ0v) is 17.9. The minimum Gasteiger partial charge on any atom is -0.370 e. The van der Waals surface area contributed by atoms with E-state index in [0.29, 0.717) is 0 Å². The zero-order valence-electron chi connectivity index (χ0n) is 16.3. The lowest BCUT2D eigenvalue weighted by Gasteiger charge is -2.14. The molecular weight excluding hydrogens is 432 g/mol. The molecule has 2 aromatic rings. The molecule has 0 atom stereocenters. The standard InChI is InChI=1S/C19H21ClN4O5S/c1-24(2)30(28,29)16-11-12(7-8-14(16)20)18(26)23-15-6-4-3-5-13(15)19(27)22-10-9-17(21)25/h3-8,11H,9-10H2,1-2H3,(H2,21,25)(H,22,27)(H,23,26). The Labute approximate surface area is 179 Å².